The number of hydrogen-bond acceptors (Lipinski definition) is 3. The minimum atomic E-state index is 0.0221. The summed E-state index contributed by atoms with van der Waals surface area (Å²) in [6.07, 6.45) is 2.17. The second kappa shape index (κ2) is 6.60. The fraction of sp³-hybridized carbons (Fsp3) is 0.312. The zero-order valence-corrected chi connectivity index (χ0v) is 13.1. The Bertz CT molecular complexity index is 617. The van der Waals surface area contributed by atoms with Crippen molar-refractivity contribution in [1.29, 1.82) is 0 Å². The Hall–Kier alpha value is -1.36. The number of benzene rings is 1. The molecule has 1 saturated heterocycles. The van der Waals surface area contributed by atoms with Crippen molar-refractivity contribution in [2.45, 2.75) is 18.9 Å². The first-order chi connectivity index (χ1) is 10.2. The van der Waals surface area contributed by atoms with Crippen LogP contribution in [0.5, 0.6) is 0 Å². The van der Waals surface area contributed by atoms with Crippen molar-refractivity contribution in [3.8, 4) is 10.4 Å². The summed E-state index contributed by atoms with van der Waals surface area (Å²) in [6.45, 7) is 1.91. The van der Waals surface area contributed by atoms with Gasteiger partial charge in [0.05, 0.1) is 4.88 Å². The van der Waals surface area contributed by atoms with Gasteiger partial charge in [0, 0.05) is 22.5 Å². The summed E-state index contributed by atoms with van der Waals surface area (Å²) in [6, 6.07) is 11.8. The molecule has 1 aromatic carbocycles. The van der Waals surface area contributed by atoms with Crippen LogP contribution in [0.15, 0.2) is 36.4 Å². The second-order valence-corrected chi connectivity index (χ2v) is 6.71. The van der Waals surface area contributed by atoms with Crippen LogP contribution in [-0.2, 0) is 0 Å². The quantitative estimate of drug-likeness (QED) is 0.908. The molecule has 2 heterocycles. The normalized spacial score (nSPS) is 18.4. The molecule has 2 N–H and O–H groups in total. The third-order valence-electron chi connectivity index (χ3n) is 3.59. The van der Waals surface area contributed by atoms with Gasteiger partial charge in [-0.15, -0.1) is 11.3 Å². The first kappa shape index (κ1) is 14.6. The summed E-state index contributed by atoms with van der Waals surface area (Å²) in [5, 5.41) is 7.12. The van der Waals surface area contributed by atoms with Crippen LogP contribution in [0.2, 0.25) is 5.02 Å². The van der Waals surface area contributed by atoms with E-state index in [1.54, 1.807) is 0 Å². The number of piperidine rings is 1. The van der Waals surface area contributed by atoms with E-state index in [0.29, 0.717) is 0 Å². The van der Waals surface area contributed by atoms with Gasteiger partial charge in [-0.25, -0.2) is 0 Å². The van der Waals surface area contributed by atoms with Gasteiger partial charge in [-0.1, -0.05) is 23.7 Å². The van der Waals surface area contributed by atoms with Gasteiger partial charge in [0.25, 0.3) is 5.91 Å². The minimum absolute atomic E-state index is 0.0221. The molecule has 2 aromatic rings. The van der Waals surface area contributed by atoms with Gasteiger partial charge in [-0.3, -0.25) is 4.79 Å². The lowest BCUT2D eigenvalue weighted by molar-refractivity contribution is 0.0935. The summed E-state index contributed by atoms with van der Waals surface area (Å²) in [4.78, 5) is 14.1. The Balaban J connectivity index is 1.69. The molecular weight excluding hydrogens is 304 g/mol. The maximum absolute atomic E-state index is 12.3. The number of thiophene rings is 1. The molecule has 1 aliphatic heterocycles. The lowest BCUT2D eigenvalue weighted by Crippen LogP contribution is -2.45. The minimum Gasteiger partial charge on any atom is -0.347 e. The zero-order valence-electron chi connectivity index (χ0n) is 11.6. The fourth-order valence-electron chi connectivity index (χ4n) is 2.46. The Morgan fingerprint density at radius 3 is 2.76 bits per heavy atom. The predicted molar refractivity (Wildman–Crippen MR) is 88.1 cm³/mol. The maximum Gasteiger partial charge on any atom is 0.261 e. The zero-order chi connectivity index (χ0) is 14.7. The number of carbonyl (C=O) groups is 1. The summed E-state index contributed by atoms with van der Waals surface area (Å²) in [5.74, 6) is 0.0221. The Morgan fingerprint density at radius 1 is 1.24 bits per heavy atom. The molecule has 0 bridgehead atoms. The van der Waals surface area contributed by atoms with Crippen LogP contribution >= 0.6 is 22.9 Å². The van der Waals surface area contributed by atoms with Crippen LogP contribution < -0.4 is 10.6 Å². The number of halogens is 1. The van der Waals surface area contributed by atoms with E-state index in [4.69, 9.17) is 11.6 Å². The molecule has 0 saturated carbocycles. The number of hydrogen-bond donors (Lipinski definition) is 2. The molecule has 3 rings (SSSR count). The van der Waals surface area contributed by atoms with Crippen LogP contribution in [-0.4, -0.2) is 25.0 Å². The van der Waals surface area contributed by atoms with Gasteiger partial charge in [-0.05, 0) is 49.2 Å². The van der Waals surface area contributed by atoms with E-state index < -0.39 is 0 Å². The van der Waals surface area contributed by atoms with Crippen LogP contribution in [0.4, 0.5) is 0 Å². The van der Waals surface area contributed by atoms with Gasteiger partial charge in [0.15, 0.2) is 0 Å². The van der Waals surface area contributed by atoms with Crippen molar-refractivity contribution < 1.29 is 4.79 Å². The monoisotopic (exact) mass is 320 g/mol. The summed E-state index contributed by atoms with van der Waals surface area (Å²) in [7, 11) is 0. The smallest absolute Gasteiger partial charge is 0.261 e. The van der Waals surface area contributed by atoms with E-state index in [0.717, 1.165) is 46.3 Å². The van der Waals surface area contributed by atoms with Crippen LogP contribution in [0.3, 0.4) is 0 Å². The number of rotatable bonds is 3. The molecular formula is C16H17ClN2OS. The Labute approximate surface area is 133 Å². The van der Waals surface area contributed by atoms with Crippen LogP contribution in [0, 0.1) is 0 Å². The summed E-state index contributed by atoms with van der Waals surface area (Å²) >= 11 is 7.41. The highest BCUT2D eigenvalue weighted by atomic mass is 35.5. The van der Waals surface area contributed by atoms with Crippen molar-refractivity contribution in [1.82, 2.24) is 10.6 Å². The average Bonchev–Trinajstić information content (AvgIpc) is 2.99. The van der Waals surface area contributed by atoms with Crippen LogP contribution in [0.25, 0.3) is 10.4 Å². The Morgan fingerprint density at radius 2 is 2.05 bits per heavy atom. The van der Waals surface area contributed by atoms with Crippen molar-refractivity contribution >= 4 is 28.8 Å². The van der Waals surface area contributed by atoms with E-state index in [2.05, 4.69) is 10.6 Å². The third-order valence-corrected chi connectivity index (χ3v) is 4.98. The predicted octanol–water partition coefficient (Wildman–Crippen LogP) is 3.55. The summed E-state index contributed by atoms with van der Waals surface area (Å²) in [5.41, 5.74) is 1.09. The molecule has 1 fully saturated rings. The molecule has 1 aromatic heterocycles. The van der Waals surface area contributed by atoms with Gasteiger partial charge < -0.3 is 10.6 Å². The van der Waals surface area contributed by atoms with Crippen molar-refractivity contribution in [2.24, 2.45) is 0 Å². The first-order valence-electron chi connectivity index (χ1n) is 7.10. The third kappa shape index (κ3) is 3.64. The fourth-order valence-corrected chi connectivity index (χ4v) is 3.50. The molecule has 0 aliphatic carbocycles. The molecule has 3 nitrogen and oxygen atoms in total. The van der Waals surface area contributed by atoms with E-state index in [1.807, 2.05) is 36.4 Å². The Kier molecular flexibility index (Phi) is 4.58. The highest BCUT2D eigenvalue weighted by Crippen LogP contribution is 2.29. The van der Waals surface area contributed by atoms with E-state index in [-0.39, 0.29) is 11.9 Å². The molecule has 5 heteroatoms. The maximum atomic E-state index is 12.3. The molecule has 21 heavy (non-hydrogen) atoms. The molecule has 0 spiro atoms. The summed E-state index contributed by atoms with van der Waals surface area (Å²) < 4.78 is 0. The molecule has 110 valence electrons. The van der Waals surface area contributed by atoms with E-state index in [1.165, 1.54) is 11.3 Å². The van der Waals surface area contributed by atoms with Gasteiger partial charge >= 0.3 is 0 Å². The largest absolute Gasteiger partial charge is 0.347 e. The molecule has 1 atom stereocenters. The standard InChI is InChI=1S/C16H17ClN2OS/c17-12-5-3-11(4-6-12)14-7-8-15(21-14)16(20)19-13-2-1-9-18-10-13/h3-8,13,18H,1-2,9-10H2,(H,19,20). The van der Waals surface area contributed by atoms with E-state index >= 15 is 0 Å². The second-order valence-electron chi connectivity index (χ2n) is 5.19. The highest BCUT2D eigenvalue weighted by molar-refractivity contribution is 7.17. The van der Waals surface area contributed by atoms with Crippen molar-refractivity contribution in [3.05, 3.63) is 46.3 Å². The van der Waals surface area contributed by atoms with Crippen LogP contribution in [0.1, 0.15) is 22.5 Å². The lowest BCUT2D eigenvalue weighted by atomic mass is 10.1. The van der Waals surface area contributed by atoms with Gasteiger partial charge in [0.2, 0.25) is 0 Å². The SMILES string of the molecule is O=C(NC1CCCNC1)c1ccc(-c2ccc(Cl)cc2)s1. The topological polar surface area (TPSA) is 41.1 Å². The van der Waals surface area contributed by atoms with Gasteiger partial charge in [-0.2, -0.15) is 0 Å². The molecule has 1 aliphatic rings. The van der Waals surface area contributed by atoms with Crippen molar-refractivity contribution in [3.63, 3.8) is 0 Å². The first-order valence-corrected chi connectivity index (χ1v) is 8.29. The highest BCUT2D eigenvalue weighted by Gasteiger charge is 2.17. The van der Waals surface area contributed by atoms with Crippen molar-refractivity contribution in [2.75, 3.05) is 13.1 Å². The number of nitrogens with one attached hydrogen (secondary N) is 2. The van der Waals surface area contributed by atoms with Gasteiger partial charge in [0.1, 0.15) is 0 Å². The lowest BCUT2D eigenvalue weighted by Gasteiger charge is -2.23. The molecule has 0 radical (unpaired) electrons. The molecule has 1 amide bonds. The van der Waals surface area contributed by atoms with E-state index in [9.17, 15) is 4.79 Å². The number of amides is 1. The average molecular weight is 321 g/mol. The number of carbonyl (C=O) groups excluding carboxylic acids is 1. The molecule has 1 unspecified atom stereocenters.